The van der Waals surface area contributed by atoms with Crippen molar-refractivity contribution in [1.82, 2.24) is 14.8 Å². The van der Waals surface area contributed by atoms with E-state index < -0.39 is 0 Å². The quantitative estimate of drug-likeness (QED) is 0.901. The highest BCUT2D eigenvalue weighted by Crippen LogP contribution is 2.21. The van der Waals surface area contributed by atoms with Crippen molar-refractivity contribution >= 4 is 16.8 Å². The third-order valence-corrected chi connectivity index (χ3v) is 4.89. The van der Waals surface area contributed by atoms with Crippen molar-refractivity contribution in [2.75, 3.05) is 26.7 Å². The molecule has 0 aliphatic carbocycles. The van der Waals surface area contributed by atoms with Gasteiger partial charge in [0.2, 0.25) is 5.91 Å². The van der Waals surface area contributed by atoms with Crippen LogP contribution in [0.5, 0.6) is 5.75 Å². The second kappa shape index (κ2) is 7.27. The Morgan fingerprint density at radius 3 is 2.92 bits per heavy atom. The highest BCUT2D eigenvalue weighted by Gasteiger charge is 2.27. The summed E-state index contributed by atoms with van der Waals surface area (Å²) in [5, 5.41) is 0.970. The fourth-order valence-electron chi connectivity index (χ4n) is 3.37. The van der Waals surface area contributed by atoms with Crippen molar-refractivity contribution < 1.29 is 9.53 Å². The molecule has 0 spiro atoms. The van der Waals surface area contributed by atoms with E-state index in [-0.39, 0.29) is 17.5 Å². The van der Waals surface area contributed by atoms with Crippen LogP contribution in [0.25, 0.3) is 10.9 Å². The first kappa shape index (κ1) is 17.5. The van der Waals surface area contributed by atoms with Gasteiger partial charge < -0.3 is 14.6 Å². The molecule has 1 aliphatic rings. The van der Waals surface area contributed by atoms with E-state index in [1.165, 1.54) is 0 Å². The lowest BCUT2D eigenvalue weighted by atomic mass is 10.1. The number of pyridine rings is 1. The molecule has 0 bridgehead atoms. The summed E-state index contributed by atoms with van der Waals surface area (Å²) < 4.78 is 5.54. The number of hydrogen-bond donors (Lipinski definition) is 1. The second-order valence-electron chi connectivity index (χ2n) is 6.61. The number of aromatic amines is 1. The summed E-state index contributed by atoms with van der Waals surface area (Å²) in [4.78, 5) is 30.9. The molecular weight excluding hydrogens is 318 g/mol. The van der Waals surface area contributed by atoms with Gasteiger partial charge >= 0.3 is 0 Å². The van der Waals surface area contributed by atoms with Crippen LogP contribution in [-0.4, -0.2) is 53.5 Å². The third-order valence-electron chi connectivity index (χ3n) is 4.89. The SMILES string of the molecule is CCOc1ccc2[nH]c(=O)c(CN3CCC(N(C)C(C)=O)C3)cc2c1. The van der Waals surface area contributed by atoms with Crippen LogP contribution in [0, 0.1) is 0 Å². The van der Waals surface area contributed by atoms with Crippen LogP contribution < -0.4 is 10.3 Å². The number of nitrogens with one attached hydrogen (secondary N) is 1. The predicted molar refractivity (Wildman–Crippen MR) is 97.9 cm³/mol. The first-order valence-electron chi connectivity index (χ1n) is 8.72. The molecule has 1 atom stereocenters. The molecule has 1 aromatic carbocycles. The van der Waals surface area contributed by atoms with Crippen molar-refractivity contribution in [1.29, 1.82) is 0 Å². The monoisotopic (exact) mass is 343 g/mol. The van der Waals surface area contributed by atoms with Gasteiger partial charge in [0.15, 0.2) is 0 Å². The Bertz CT molecular complexity index is 830. The number of likely N-dealkylation sites (tertiary alicyclic amines) is 1. The first-order chi connectivity index (χ1) is 12.0. The van der Waals surface area contributed by atoms with Crippen LogP contribution in [0.2, 0.25) is 0 Å². The molecule has 0 radical (unpaired) electrons. The average Bonchev–Trinajstić information content (AvgIpc) is 3.04. The molecule has 1 aliphatic heterocycles. The summed E-state index contributed by atoms with van der Waals surface area (Å²) in [6.45, 7) is 6.43. The maximum Gasteiger partial charge on any atom is 0.252 e. The highest BCUT2D eigenvalue weighted by atomic mass is 16.5. The molecule has 134 valence electrons. The van der Waals surface area contributed by atoms with Crippen molar-refractivity contribution in [3.8, 4) is 5.75 Å². The molecule has 1 amide bonds. The van der Waals surface area contributed by atoms with Crippen LogP contribution in [0.1, 0.15) is 25.8 Å². The van der Waals surface area contributed by atoms with Crippen molar-refractivity contribution in [3.63, 3.8) is 0 Å². The van der Waals surface area contributed by atoms with Crippen LogP contribution in [0.15, 0.2) is 29.1 Å². The number of H-pyrrole nitrogens is 1. The summed E-state index contributed by atoms with van der Waals surface area (Å²) in [6.07, 6.45) is 0.941. The molecule has 1 fully saturated rings. The lowest BCUT2D eigenvalue weighted by molar-refractivity contribution is -0.129. The van der Waals surface area contributed by atoms with Gasteiger partial charge in [-0.15, -0.1) is 0 Å². The molecule has 2 heterocycles. The predicted octanol–water partition coefficient (Wildman–Crippen LogP) is 1.98. The van der Waals surface area contributed by atoms with E-state index in [1.54, 1.807) is 11.8 Å². The number of carbonyl (C=O) groups excluding carboxylic acids is 1. The number of carbonyl (C=O) groups is 1. The van der Waals surface area contributed by atoms with Gasteiger partial charge in [-0.2, -0.15) is 0 Å². The number of rotatable bonds is 5. The van der Waals surface area contributed by atoms with Gasteiger partial charge in [0.1, 0.15) is 5.75 Å². The lowest BCUT2D eigenvalue weighted by Gasteiger charge is -2.23. The largest absolute Gasteiger partial charge is 0.494 e. The number of benzene rings is 1. The minimum Gasteiger partial charge on any atom is -0.494 e. The zero-order valence-corrected chi connectivity index (χ0v) is 15.0. The number of nitrogens with zero attached hydrogens (tertiary/aromatic N) is 2. The van der Waals surface area contributed by atoms with Gasteiger partial charge in [-0.1, -0.05) is 0 Å². The second-order valence-corrected chi connectivity index (χ2v) is 6.61. The average molecular weight is 343 g/mol. The third kappa shape index (κ3) is 3.85. The fraction of sp³-hybridized carbons (Fsp3) is 0.474. The smallest absolute Gasteiger partial charge is 0.252 e. The zero-order valence-electron chi connectivity index (χ0n) is 15.0. The van der Waals surface area contributed by atoms with Crippen LogP contribution in [-0.2, 0) is 11.3 Å². The topological polar surface area (TPSA) is 65.6 Å². The number of aromatic nitrogens is 1. The Labute approximate surface area is 147 Å². The van der Waals surface area contributed by atoms with E-state index in [2.05, 4.69) is 9.88 Å². The number of ether oxygens (including phenoxy) is 1. The number of amides is 1. The zero-order chi connectivity index (χ0) is 18.0. The minimum atomic E-state index is -0.0555. The number of fused-ring (bicyclic) bond motifs is 1. The summed E-state index contributed by atoms with van der Waals surface area (Å²) in [7, 11) is 1.84. The summed E-state index contributed by atoms with van der Waals surface area (Å²) in [6, 6.07) is 7.86. The standard InChI is InChI=1S/C19H25N3O3/c1-4-25-17-5-6-18-14(10-17)9-15(19(24)20-18)11-22-8-7-16(12-22)21(3)13(2)23/h5-6,9-10,16H,4,7-8,11-12H2,1-3H3,(H,20,24). The van der Waals surface area contributed by atoms with Crippen LogP contribution in [0.3, 0.4) is 0 Å². The maximum atomic E-state index is 12.4. The van der Waals surface area contributed by atoms with Crippen molar-refractivity contribution in [2.45, 2.75) is 32.9 Å². The molecule has 2 aromatic rings. The molecule has 1 saturated heterocycles. The van der Waals surface area contributed by atoms with Gasteiger partial charge in [-0.05, 0) is 37.6 Å². The van der Waals surface area contributed by atoms with Crippen LogP contribution >= 0.6 is 0 Å². The molecule has 3 rings (SSSR count). The molecule has 6 nitrogen and oxygen atoms in total. The Morgan fingerprint density at radius 2 is 2.20 bits per heavy atom. The Morgan fingerprint density at radius 1 is 1.40 bits per heavy atom. The highest BCUT2D eigenvalue weighted by molar-refractivity contribution is 5.80. The Kier molecular flexibility index (Phi) is 5.08. The van der Waals surface area contributed by atoms with E-state index >= 15 is 0 Å². The Balaban J connectivity index is 1.78. The fourth-order valence-corrected chi connectivity index (χ4v) is 3.37. The number of likely N-dealkylation sites (N-methyl/N-ethyl adjacent to an activating group) is 1. The minimum absolute atomic E-state index is 0.0555. The van der Waals surface area contributed by atoms with Crippen molar-refractivity contribution in [2.24, 2.45) is 0 Å². The molecule has 25 heavy (non-hydrogen) atoms. The van der Waals surface area contributed by atoms with Gasteiger partial charge in [-0.3, -0.25) is 14.5 Å². The lowest BCUT2D eigenvalue weighted by Crippen LogP contribution is -2.37. The maximum absolute atomic E-state index is 12.4. The molecule has 1 N–H and O–H groups in total. The first-order valence-corrected chi connectivity index (χ1v) is 8.72. The molecule has 6 heteroatoms. The van der Waals surface area contributed by atoms with Gasteiger partial charge in [0, 0.05) is 56.1 Å². The van der Waals surface area contributed by atoms with Gasteiger partial charge in [0.05, 0.1) is 6.61 Å². The van der Waals surface area contributed by atoms with E-state index in [1.807, 2.05) is 38.2 Å². The summed E-state index contributed by atoms with van der Waals surface area (Å²) >= 11 is 0. The van der Waals surface area contributed by atoms with E-state index in [0.29, 0.717) is 13.2 Å². The molecular formula is C19H25N3O3. The van der Waals surface area contributed by atoms with E-state index in [4.69, 9.17) is 4.74 Å². The van der Waals surface area contributed by atoms with E-state index in [0.717, 1.165) is 41.7 Å². The molecule has 1 unspecified atom stereocenters. The normalized spacial score (nSPS) is 17.8. The summed E-state index contributed by atoms with van der Waals surface area (Å²) in [5.74, 6) is 0.885. The van der Waals surface area contributed by atoms with Gasteiger partial charge in [-0.25, -0.2) is 0 Å². The Hall–Kier alpha value is -2.34. The van der Waals surface area contributed by atoms with Gasteiger partial charge in [0.25, 0.3) is 5.56 Å². The van der Waals surface area contributed by atoms with E-state index in [9.17, 15) is 9.59 Å². The summed E-state index contributed by atoms with van der Waals surface area (Å²) in [5.41, 5.74) is 1.50. The number of hydrogen-bond acceptors (Lipinski definition) is 4. The van der Waals surface area contributed by atoms with Crippen molar-refractivity contribution in [3.05, 3.63) is 40.2 Å². The molecule has 0 saturated carbocycles. The van der Waals surface area contributed by atoms with Crippen LogP contribution in [0.4, 0.5) is 0 Å². The molecule has 1 aromatic heterocycles.